The van der Waals surface area contributed by atoms with E-state index in [9.17, 15) is 13.2 Å². The molecular weight excluding hydrogens is 263 g/mol. The summed E-state index contributed by atoms with van der Waals surface area (Å²) in [6.45, 7) is -0.680. The van der Waals surface area contributed by atoms with Crippen molar-refractivity contribution in [2.75, 3.05) is 7.11 Å². The van der Waals surface area contributed by atoms with E-state index in [1.165, 1.54) is 13.3 Å². The van der Waals surface area contributed by atoms with Crippen molar-refractivity contribution >= 4 is 11.6 Å². The fourth-order valence-corrected chi connectivity index (χ4v) is 1.41. The lowest BCUT2D eigenvalue weighted by molar-refractivity contribution is -0.275. The molecule has 0 spiro atoms. The van der Waals surface area contributed by atoms with Crippen LogP contribution in [0.25, 0.3) is 0 Å². The Bertz CT molecular complexity index is 398. The molecule has 0 bridgehead atoms. The molecule has 4 nitrogen and oxygen atoms in total. The first kappa shape index (κ1) is 13.9. The van der Waals surface area contributed by atoms with Crippen LogP contribution < -0.4 is 9.47 Å². The van der Waals surface area contributed by atoms with Crippen LogP contribution in [0.1, 0.15) is 11.3 Å². The molecule has 0 saturated heterocycles. The molecule has 1 heterocycles. The number of methoxy groups -OCH3 is 1. The molecule has 0 radical (unpaired) electrons. The number of halogens is 4. The summed E-state index contributed by atoms with van der Waals surface area (Å²) < 4.78 is 45.2. The van der Waals surface area contributed by atoms with Crippen molar-refractivity contribution in [1.82, 2.24) is 4.98 Å². The molecule has 0 amide bonds. The van der Waals surface area contributed by atoms with E-state index < -0.39 is 18.7 Å². The number of aliphatic hydroxyl groups is 1. The van der Waals surface area contributed by atoms with Gasteiger partial charge in [-0.25, -0.2) is 0 Å². The monoisotopic (exact) mass is 271 g/mol. The standard InChI is InChI=1S/C9H9ClF3NO3/c1-16-7-3-14-6(2-10)8(5(7)4-15)17-9(11,12)13/h3,15H,2,4H2,1H3. The maximum absolute atomic E-state index is 12.2. The van der Waals surface area contributed by atoms with E-state index in [0.29, 0.717) is 0 Å². The molecule has 96 valence electrons. The number of rotatable bonds is 4. The van der Waals surface area contributed by atoms with Crippen LogP contribution in [0.3, 0.4) is 0 Å². The Labute approximate surface area is 99.9 Å². The van der Waals surface area contributed by atoms with E-state index in [2.05, 4.69) is 9.72 Å². The van der Waals surface area contributed by atoms with Crippen LogP contribution >= 0.6 is 11.6 Å². The van der Waals surface area contributed by atoms with E-state index in [1.807, 2.05) is 0 Å². The van der Waals surface area contributed by atoms with Crippen molar-refractivity contribution in [1.29, 1.82) is 0 Å². The molecule has 0 unspecified atom stereocenters. The minimum atomic E-state index is -4.89. The summed E-state index contributed by atoms with van der Waals surface area (Å²) in [7, 11) is 1.24. The number of aromatic nitrogens is 1. The molecule has 0 aliphatic heterocycles. The molecule has 0 aromatic carbocycles. The average Bonchev–Trinajstić information content (AvgIpc) is 2.26. The van der Waals surface area contributed by atoms with Crippen LogP contribution in [0.4, 0.5) is 13.2 Å². The molecule has 8 heteroatoms. The average molecular weight is 272 g/mol. The highest BCUT2D eigenvalue weighted by Gasteiger charge is 2.34. The summed E-state index contributed by atoms with van der Waals surface area (Å²) in [5, 5.41) is 9.05. The highest BCUT2D eigenvalue weighted by Crippen LogP contribution is 2.35. The van der Waals surface area contributed by atoms with Crippen LogP contribution in [0, 0.1) is 0 Å². The summed E-state index contributed by atoms with van der Waals surface area (Å²) in [5.41, 5.74) is -0.260. The zero-order valence-corrected chi connectivity index (χ0v) is 9.47. The molecule has 0 saturated carbocycles. The van der Waals surface area contributed by atoms with Crippen LogP contribution in [0.5, 0.6) is 11.5 Å². The lowest BCUT2D eigenvalue weighted by atomic mass is 10.2. The molecule has 17 heavy (non-hydrogen) atoms. The van der Waals surface area contributed by atoms with Gasteiger partial charge >= 0.3 is 6.36 Å². The second-order valence-electron chi connectivity index (χ2n) is 2.92. The van der Waals surface area contributed by atoms with Gasteiger partial charge in [-0.3, -0.25) is 4.98 Å². The smallest absolute Gasteiger partial charge is 0.495 e. The van der Waals surface area contributed by atoms with Crippen LogP contribution in [0.15, 0.2) is 6.20 Å². The van der Waals surface area contributed by atoms with Crippen molar-refractivity contribution < 1.29 is 27.8 Å². The maximum atomic E-state index is 12.2. The third kappa shape index (κ3) is 3.37. The van der Waals surface area contributed by atoms with Gasteiger partial charge in [0, 0.05) is 0 Å². The van der Waals surface area contributed by atoms with E-state index in [4.69, 9.17) is 21.4 Å². The van der Waals surface area contributed by atoms with Crippen molar-refractivity contribution in [2.45, 2.75) is 18.8 Å². The molecule has 0 fully saturated rings. The van der Waals surface area contributed by atoms with Gasteiger partial charge in [-0.05, 0) is 0 Å². The zero-order valence-electron chi connectivity index (χ0n) is 8.71. The number of pyridine rings is 1. The fraction of sp³-hybridized carbons (Fsp3) is 0.444. The second kappa shape index (κ2) is 5.42. The van der Waals surface area contributed by atoms with E-state index >= 15 is 0 Å². The third-order valence-electron chi connectivity index (χ3n) is 1.89. The Hall–Kier alpha value is -1.21. The predicted molar refractivity (Wildman–Crippen MR) is 53.0 cm³/mol. The van der Waals surface area contributed by atoms with Crippen LogP contribution in [-0.2, 0) is 12.5 Å². The molecule has 0 atom stereocenters. The number of hydrogen-bond donors (Lipinski definition) is 1. The molecule has 0 aliphatic carbocycles. The Balaban J connectivity index is 3.30. The molecule has 0 aliphatic rings. The van der Waals surface area contributed by atoms with E-state index in [0.717, 1.165) is 0 Å². The molecular formula is C9H9ClF3NO3. The first-order chi connectivity index (χ1) is 7.92. The van der Waals surface area contributed by atoms with Gasteiger partial charge in [0.1, 0.15) is 5.75 Å². The van der Waals surface area contributed by atoms with Gasteiger partial charge in [0.2, 0.25) is 0 Å². The Morgan fingerprint density at radius 1 is 1.47 bits per heavy atom. The Kier molecular flexibility index (Phi) is 4.41. The van der Waals surface area contributed by atoms with Gasteiger partial charge in [0.15, 0.2) is 5.75 Å². The van der Waals surface area contributed by atoms with Crippen molar-refractivity contribution in [3.8, 4) is 11.5 Å². The number of alkyl halides is 4. The number of aliphatic hydroxyl groups excluding tert-OH is 1. The van der Waals surface area contributed by atoms with Gasteiger partial charge in [0.05, 0.1) is 37.1 Å². The highest BCUT2D eigenvalue weighted by molar-refractivity contribution is 6.17. The first-order valence-corrected chi connectivity index (χ1v) is 4.93. The van der Waals surface area contributed by atoms with Crippen molar-refractivity contribution in [3.05, 3.63) is 17.5 Å². The first-order valence-electron chi connectivity index (χ1n) is 4.40. The van der Waals surface area contributed by atoms with Gasteiger partial charge in [-0.1, -0.05) is 0 Å². The summed E-state index contributed by atoms with van der Waals surface area (Å²) in [5.74, 6) is -0.891. The SMILES string of the molecule is COc1cnc(CCl)c(OC(F)(F)F)c1CO. The Morgan fingerprint density at radius 3 is 2.53 bits per heavy atom. The number of hydrogen-bond acceptors (Lipinski definition) is 4. The van der Waals surface area contributed by atoms with Gasteiger partial charge < -0.3 is 14.6 Å². The van der Waals surface area contributed by atoms with E-state index in [-0.39, 0.29) is 22.9 Å². The Morgan fingerprint density at radius 2 is 2.12 bits per heavy atom. The summed E-state index contributed by atoms with van der Waals surface area (Å²) in [6.07, 6.45) is -3.72. The summed E-state index contributed by atoms with van der Waals surface area (Å²) >= 11 is 5.45. The van der Waals surface area contributed by atoms with E-state index in [1.54, 1.807) is 0 Å². The molecule has 1 rings (SSSR count). The lowest BCUT2D eigenvalue weighted by Crippen LogP contribution is -2.20. The van der Waals surface area contributed by atoms with Crippen molar-refractivity contribution in [3.63, 3.8) is 0 Å². The maximum Gasteiger partial charge on any atom is 0.573 e. The molecule has 1 aromatic heterocycles. The van der Waals surface area contributed by atoms with Crippen LogP contribution in [-0.4, -0.2) is 23.6 Å². The number of nitrogens with zero attached hydrogens (tertiary/aromatic N) is 1. The topological polar surface area (TPSA) is 51.6 Å². The molecule has 1 aromatic rings. The van der Waals surface area contributed by atoms with Crippen LogP contribution in [0.2, 0.25) is 0 Å². The highest BCUT2D eigenvalue weighted by atomic mass is 35.5. The second-order valence-corrected chi connectivity index (χ2v) is 3.19. The van der Waals surface area contributed by atoms with Gasteiger partial charge in [0.25, 0.3) is 0 Å². The quantitative estimate of drug-likeness (QED) is 0.853. The third-order valence-corrected chi connectivity index (χ3v) is 2.15. The minimum absolute atomic E-state index is 0.000571. The van der Waals surface area contributed by atoms with Gasteiger partial charge in [-0.15, -0.1) is 24.8 Å². The lowest BCUT2D eigenvalue weighted by Gasteiger charge is -2.16. The molecule has 1 N–H and O–H groups in total. The van der Waals surface area contributed by atoms with Crippen molar-refractivity contribution in [2.24, 2.45) is 0 Å². The largest absolute Gasteiger partial charge is 0.573 e. The van der Waals surface area contributed by atoms with Gasteiger partial charge in [-0.2, -0.15) is 0 Å². The fourth-order valence-electron chi connectivity index (χ4n) is 1.22. The summed E-state index contributed by atoms with van der Waals surface area (Å²) in [4.78, 5) is 3.67. The zero-order chi connectivity index (χ0) is 13.1. The normalized spacial score (nSPS) is 11.4. The predicted octanol–water partition coefficient (Wildman–Crippen LogP) is 2.22. The summed E-state index contributed by atoms with van der Waals surface area (Å²) in [6, 6.07) is 0. The minimum Gasteiger partial charge on any atom is -0.495 e. The number of ether oxygens (including phenoxy) is 2.